The number of aromatic nitrogens is 3. The number of nitrogens with one attached hydrogen (secondary N) is 1. The first kappa shape index (κ1) is 14.2. The van der Waals surface area contributed by atoms with Crippen LogP contribution in [0.3, 0.4) is 0 Å². The van der Waals surface area contributed by atoms with E-state index in [4.69, 9.17) is 5.11 Å². The molecule has 1 aliphatic rings. The van der Waals surface area contributed by atoms with Gasteiger partial charge in [-0.2, -0.15) is 0 Å². The van der Waals surface area contributed by atoms with Gasteiger partial charge in [-0.3, -0.25) is 14.2 Å². The summed E-state index contributed by atoms with van der Waals surface area (Å²) in [5.41, 5.74) is 0.914. The van der Waals surface area contributed by atoms with Gasteiger partial charge in [0.05, 0.1) is 17.5 Å². The number of carboxylic acids is 1. The van der Waals surface area contributed by atoms with E-state index in [0.29, 0.717) is 5.69 Å². The lowest BCUT2D eigenvalue weighted by molar-refractivity contribution is -0.140. The van der Waals surface area contributed by atoms with Crippen LogP contribution >= 0.6 is 0 Å². The zero-order valence-corrected chi connectivity index (χ0v) is 12.2. The van der Waals surface area contributed by atoms with E-state index < -0.39 is 23.2 Å². The van der Waals surface area contributed by atoms with Crippen molar-refractivity contribution in [2.45, 2.75) is 13.8 Å². The molecule has 0 radical (unpaired) electrons. The topological polar surface area (TPSA) is 97.1 Å². The minimum Gasteiger partial charge on any atom is -0.481 e. The third-order valence-corrected chi connectivity index (χ3v) is 4.21. The largest absolute Gasteiger partial charge is 0.481 e. The van der Waals surface area contributed by atoms with Crippen molar-refractivity contribution in [3.63, 3.8) is 0 Å². The number of anilines is 1. The molecule has 3 rings (SSSR count). The summed E-state index contributed by atoms with van der Waals surface area (Å²) in [4.78, 5) is 23.5. The van der Waals surface area contributed by atoms with Crippen LogP contribution in [0, 0.1) is 17.3 Å². The Morgan fingerprint density at radius 2 is 1.91 bits per heavy atom. The van der Waals surface area contributed by atoms with E-state index in [1.807, 2.05) is 6.07 Å². The van der Waals surface area contributed by atoms with Gasteiger partial charge in [0.2, 0.25) is 5.91 Å². The molecule has 1 aromatic carbocycles. The van der Waals surface area contributed by atoms with Gasteiger partial charge in [-0.15, -0.1) is 10.2 Å². The summed E-state index contributed by atoms with van der Waals surface area (Å²) in [6.45, 7) is 3.59. The zero-order chi connectivity index (χ0) is 15.9. The van der Waals surface area contributed by atoms with Crippen LogP contribution in [0.1, 0.15) is 13.8 Å². The SMILES string of the molecule is CC1(C)[C@H](C(=O)Nc2cccc(-n3cnnc3)c2)[C@@H]1C(=O)O. The molecule has 2 aromatic rings. The molecule has 0 unspecified atom stereocenters. The second-order valence-electron chi connectivity index (χ2n) is 6.02. The summed E-state index contributed by atoms with van der Waals surface area (Å²) >= 11 is 0. The van der Waals surface area contributed by atoms with Gasteiger partial charge in [-0.05, 0) is 23.6 Å². The third-order valence-electron chi connectivity index (χ3n) is 4.21. The van der Waals surface area contributed by atoms with Crippen molar-refractivity contribution in [1.29, 1.82) is 0 Å². The number of hydrogen-bond acceptors (Lipinski definition) is 4. The maximum atomic E-state index is 12.3. The van der Waals surface area contributed by atoms with Gasteiger partial charge in [-0.25, -0.2) is 0 Å². The summed E-state index contributed by atoms with van der Waals surface area (Å²) in [6.07, 6.45) is 3.12. The smallest absolute Gasteiger partial charge is 0.307 e. The first-order chi connectivity index (χ1) is 10.4. The van der Waals surface area contributed by atoms with Gasteiger partial charge in [0, 0.05) is 5.69 Å². The molecule has 2 N–H and O–H groups in total. The summed E-state index contributed by atoms with van der Waals surface area (Å²) in [6, 6.07) is 7.21. The number of carboxylic acid groups (broad SMARTS) is 1. The third kappa shape index (κ3) is 2.34. The number of nitrogens with zero attached hydrogens (tertiary/aromatic N) is 3. The lowest BCUT2D eigenvalue weighted by Gasteiger charge is -2.08. The van der Waals surface area contributed by atoms with E-state index in [9.17, 15) is 9.59 Å². The van der Waals surface area contributed by atoms with Gasteiger partial charge in [-0.1, -0.05) is 19.9 Å². The fraction of sp³-hybridized carbons (Fsp3) is 0.333. The molecule has 1 aromatic heterocycles. The van der Waals surface area contributed by atoms with E-state index in [0.717, 1.165) is 5.69 Å². The van der Waals surface area contributed by atoms with Gasteiger partial charge in [0.25, 0.3) is 0 Å². The molecular formula is C15H16N4O3. The highest BCUT2D eigenvalue weighted by molar-refractivity contribution is 5.99. The Hall–Kier alpha value is -2.70. The molecule has 0 bridgehead atoms. The molecule has 7 heteroatoms. The monoisotopic (exact) mass is 300 g/mol. The van der Waals surface area contributed by atoms with Crippen LogP contribution in [0.4, 0.5) is 5.69 Å². The first-order valence-electron chi connectivity index (χ1n) is 6.90. The standard InChI is InChI=1S/C15H16N4O3/c1-15(2)11(12(15)14(21)22)13(20)18-9-4-3-5-10(6-9)19-7-16-17-8-19/h3-8,11-12H,1-2H3,(H,18,20)(H,21,22)/t11-,12+/m0/s1. The fourth-order valence-corrected chi connectivity index (χ4v) is 2.89. The highest BCUT2D eigenvalue weighted by Gasteiger charge is 2.65. The molecule has 1 heterocycles. The van der Waals surface area contributed by atoms with Gasteiger partial charge in [0.15, 0.2) is 0 Å². The van der Waals surface area contributed by atoms with Crippen LogP contribution in [0.25, 0.3) is 5.69 Å². The maximum absolute atomic E-state index is 12.3. The quantitative estimate of drug-likeness (QED) is 0.893. The van der Waals surface area contributed by atoms with E-state index in [1.54, 1.807) is 49.3 Å². The normalized spacial score (nSPS) is 22.1. The van der Waals surface area contributed by atoms with E-state index >= 15 is 0 Å². The van der Waals surface area contributed by atoms with E-state index in [2.05, 4.69) is 15.5 Å². The Morgan fingerprint density at radius 3 is 2.50 bits per heavy atom. The molecule has 0 aliphatic heterocycles. The Labute approximate surface area is 127 Å². The fourth-order valence-electron chi connectivity index (χ4n) is 2.89. The summed E-state index contributed by atoms with van der Waals surface area (Å²) < 4.78 is 1.72. The molecule has 1 saturated carbocycles. The lowest BCUT2D eigenvalue weighted by atomic mass is 10.1. The highest BCUT2D eigenvalue weighted by atomic mass is 16.4. The van der Waals surface area contributed by atoms with Crippen molar-refractivity contribution in [2.24, 2.45) is 17.3 Å². The molecule has 1 aliphatic carbocycles. The minimum atomic E-state index is -0.927. The van der Waals surface area contributed by atoms with Crippen LogP contribution in [-0.4, -0.2) is 31.7 Å². The van der Waals surface area contributed by atoms with Gasteiger partial charge in [0.1, 0.15) is 12.7 Å². The maximum Gasteiger partial charge on any atom is 0.307 e. The predicted molar refractivity (Wildman–Crippen MR) is 78.4 cm³/mol. The van der Waals surface area contributed by atoms with Gasteiger partial charge < -0.3 is 10.4 Å². The average molecular weight is 300 g/mol. The Morgan fingerprint density at radius 1 is 1.23 bits per heavy atom. The number of carbonyl (C=O) groups excluding carboxylic acids is 1. The minimum absolute atomic E-state index is 0.265. The van der Waals surface area contributed by atoms with Crippen LogP contribution < -0.4 is 5.32 Å². The molecule has 7 nitrogen and oxygen atoms in total. The summed E-state index contributed by atoms with van der Waals surface area (Å²) in [5, 5.41) is 19.4. The summed E-state index contributed by atoms with van der Waals surface area (Å²) in [5.74, 6) is -2.33. The van der Waals surface area contributed by atoms with Crippen LogP contribution in [-0.2, 0) is 9.59 Å². The van der Waals surface area contributed by atoms with Crippen molar-refractivity contribution in [3.05, 3.63) is 36.9 Å². The Balaban J connectivity index is 1.76. The van der Waals surface area contributed by atoms with Crippen molar-refractivity contribution >= 4 is 17.6 Å². The molecule has 1 fully saturated rings. The molecule has 22 heavy (non-hydrogen) atoms. The molecule has 1 amide bonds. The number of aliphatic carboxylic acids is 1. The molecule has 2 atom stereocenters. The lowest BCUT2D eigenvalue weighted by Crippen LogP contribution is -2.17. The van der Waals surface area contributed by atoms with Crippen molar-refractivity contribution in [2.75, 3.05) is 5.32 Å². The van der Waals surface area contributed by atoms with Crippen molar-refractivity contribution in [3.8, 4) is 5.69 Å². The predicted octanol–water partition coefficient (Wildman–Crippen LogP) is 1.56. The zero-order valence-electron chi connectivity index (χ0n) is 12.2. The van der Waals surface area contributed by atoms with Crippen molar-refractivity contribution < 1.29 is 14.7 Å². The highest BCUT2D eigenvalue weighted by Crippen LogP contribution is 2.58. The number of carbonyl (C=O) groups is 2. The van der Waals surface area contributed by atoms with Crippen LogP contribution in [0.2, 0.25) is 0 Å². The molecule has 0 saturated heterocycles. The second kappa shape index (κ2) is 4.94. The van der Waals surface area contributed by atoms with Crippen LogP contribution in [0.5, 0.6) is 0 Å². The molecule has 114 valence electrons. The number of amides is 1. The molecular weight excluding hydrogens is 284 g/mol. The average Bonchev–Trinajstić information content (AvgIpc) is 2.84. The Kier molecular flexibility index (Phi) is 3.20. The number of benzene rings is 1. The van der Waals surface area contributed by atoms with Crippen molar-refractivity contribution in [1.82, 2.24) is 14.8 Å². The number of hydrogen-bond donors (Lipinski definition) is 2. The summed E-state index contributed by atoms with van der Waals surface area (Å²) in [7, 11) is 0. The second-order valence-corrected chi connectivity index (χ2v) is 6.02. The Bertz CT molecular complexity index is 724. The first-order valence-corrected chi connectivity index (χ1v) is 6.90. The van der Waals surface area contributed by atoms with Gasteiger partial charge >= 0.3 is 5.97 Å². The number of rotatable bonds is 4. The van der Waals surface area contributed by atoms with E-state index in [1.165, 1.54) is 0 Å². The van der Waals surface area contributed by atoms with E-state index in [-0.39, 0.29) is 5.91 Å². The van der Waals surface area contributed by atoms with Crippen LogP contribution in [0.15, 0.2) is 36.9 Å². The molecule has 0 spiro atoms.